The average Bonchev–Trinajstić information content (AvgIpc) is 2.95. The fourth-order valence-electron chi connectivity index (χ4n) is 6.23. The number of methoxy groups -OCH3 is 1. The molecule has 1 aromatic carbocycles. The van der Waals surface area contributed by atoms with Crippen LogP contribution >= 0.6 is 0 Å². The van der Waals surface area contributed by atoms with Gasteiger partial charge in [0.1, 0.15) is 5.75 Å². The zero-order valence-electron chi connectivity index (χ0n) is 16.3. The second-order valence-corrected chi connectivity index (χ2v) is 9.91. The van der Waals surface area contributed by atoms with E-state index in [4.69, 9.17) is 19.8 Å². The molecule has 28 heavy (non-hydrogen) atoms. The van der Waals surface area contributed by atoms with Crippen LogP contribution in [-0.4, -0.2) is 27.5 Å². The van der Waals surface area contributed by atoms with E-state index in [2.05, 4.69) is 6.92 Å². The van der Waals surface area contributed by atoms with Gasteiger partial charge in [0.2, 0.25) is 0 Å². The van der Waals surface area contributed by atoms with Crippen molar-refractivity contribution in [3.63, 3.8) is 0 Å². The maximum atomic E-state index is 11.8. The topological polar surface area (TPSA) is 122 Å². The predicted octanol–water partition coefficient (Wildman–Crippen LogP) is 2.24. The Bertz CT molecular complexity index is 915. The van der Waals surface area contributed by atoms with Gasteiger partial charge in [-0.05, 0) is 85.0 Å². The molecule has 3 aliphatic carbocycles. The number of aryl methyl sites for hydroxylation is 1. The van der Waals surface area contributed by atoms with Gasteiger partial charge in [0.15, 0.2) is 0 Å². The third-order valence-electron chi connectivity index (χ3n) is 7.47. The molecule has 4 N–H and O–H groups in total. The van der Waals surface area contributed by atoms with Crippen molar-refractivity contribution in [1.82, 2.24) is 0 Å². The number of primary amides is 1. The Labute approximate surface area is 166 Å². The van der Waals surface area contributed by atoms with E-state index in [0.717, 1.165) is 38.5 Å². The Morgan fingerprint density at radius 3 is 2.61 bits per heavy atom. The molecule has 3 aliphatic rings. The highest BCUT2D eigenvalue weighted by molar-refractivity contribution is 7.84. The van der Waals surface area contributed by atoms with Gasteiger partial charge in [0.25, 0.3) is 5.91 Å². The largest absolute Gasteiger partial charge is 0.496 e. The number of nitrogens with two attached hydrogens (primary N) is 2. The number of hydrogen-bond donors (Lipinski definition) is 2. The highest BCUT2D eigenvalue weighted by atomic mass is 32.2. The van der Waals surface area contributed by atoms with Gasteiger partial charge in [-0.2, -0.15) is 8.42 Å². The SMILES string of the molecule is COc1cc2c(cc1C(N)=O)CCC1C2CC[C@]2(C)C(OS(N)(=O)=O)CCC12. The van der Waals surface area contributed by atoms with Gasteiger partial charge in [-0.25, -0.2) is 5.14 Å². The second-order valence-electron chi connectivity index (χ2n) is 8.73. The first-order chi connectivity index (χ1) is 13.1. The highest BCUT2D eigenvalue weighted by Crippen LogP contribution is 2.61. The molecule has 1 amide bonds. The van der Waals surface area contributed by atoms with Gasteiger partial charge in [-0.15, -0.1) is 0 Å². The summed E-state index contributed by atoms with van der Waals surface area (Å²) in [6, 6.07) is 3.88. The third kappa shape index (κ3) is 3.11. The monoisotopic (exact) mass is 408 g/mol. The number of benzene rings is 1. The minimum atomic E-state index is -3.96. The van der Waals surface area contributed by atoms with Crippen LogP contribution in [0.5, 0.6) is 5.75 Å². The van der Waals surface area contributed by atoms with E-state index in [1.807, 2.05) is 12.1 Å². The standard InChI is InChI=1S/C20H28N2O5S/c1-20-8-7-12-13(16(20)5-6-18(20)27-28(22,24)25)4-3-11-9-15(19(21)23)17(26-2)10-14(11)12/h9-10,12-13,16,18H,3-8H2,1-2H3,(H2,21,23)(H2,22,24,25)/t12?,13?,16?,18?,20-/m0/s1. The molecule has 4 rings (SSSR count). The molecule has 154 valence electrons. The van der Waals surface area contributed by atoms with Crippen LogP contribution in [0.3, 0.4) is 0 Å². The van der Waals surface area contributed by atoms with Crippen LogP contribution in [0, 0.1) is 17.3 Å². The number of carbonyl (C=O) groups is 1. The van der Waals surface area contributed by atoms with Crippen molar-refractivity contribution < 1.29 is 22.1 Å². The van der Waals surface area contributed by atoms with E-state index in [1.165, 1.54) is 11.1 Å². The van der Waals surface area contributed by atoms with Gasteiger partial charge in [-0.1, -0.05) is 6.92 Å². The minimum Gasteiger partial charge on any atom is -0.496 e. The molecule has 5 atom stereocenters. The van der Waals surface area contributed by atoms with Gasteiger partial charge in [-0.3, -0.25) is 8.98 Å². The summed E-state index contributed by atoms with van der Waals surface area (Å²) >= 11 is 0. The predicted molar refractivity (Wildman–Crippen MR) is 104 cm³/mol. The quantitative estimate of drug-likeness (QED) is 0.791. The number of amides is 1. The molecule has 0 saturated heterocycles. The van der Waals surface area contributed by atoms with E-state index in [-0.39, 0.29) is 11.5 Å². The lowest BCUT2D eigenvalue weighted by Gasteiger charge is -2.50. The Kier molecular flexibility index (Phi) is 4.71. The van der Waals surface area contributed by atoms with Crippen LogP contribution in [0.2, 0.25) is 0 Å². The molecular weight excluding hydrogens is 380 g/mol. The summed E-state index contributed by atoms with van der Waals surface area (Å²) in [5.41, 5.74) is 8.19. The maximum Gasteiger partial charge on any atom is 0.333 e. The third-order valence-corrected chi connectivity index (χ3v) is 7.97. The summed E-state index contributed by atoms with van der Waals surface area (Å²) in [5.74, 6) is 1.29. The van der Waals surface area contributed by atoms with Crippen LogP contribution in [-0.2, 0) is 20.9 Å². The molecule has 0 aliphatic heterocycles. The second kappa shape index (κ2) is 6.71. The molecule has 2 fully saturated rings. The van der Waals surface area contributed by atoms with Crippen molar-refractivity contribution in [2.24, 2.45) is 28.1 Å². The van der Waals surface area contributed by atoms with Crippen molar-refractivity contribution in [3.8, 4) is 5.75 Å². The van der Waals surface area contributed by atoms with Crippen LogP contribution in [0.4, 0.5) is 0 Å². The van der Waals surface area contributed by atoms with E-state index in [0.29, 0.717) is 29.1 Å². The molecule has 4 unspecified atom stereocenters. The molecule has 0 heterocycles. The van der Waals surface area contributed by atoms with Crippen molar-refractivity contribution in [1.29, 1.82) is 0 Å². The van der Waals surface area contributed by atoms with Crippen molar-refractivity contribution >= 4 is 16.2 Å². The fraction of sp³-hybridized carbons (Fsp3) is 0.650. The van der Waals surface area contributed by atoms with Crippen LogP contribution in [0.15, 0.2) is 12.1 Å². The molecule has 0 bridgehead atoms. The van der Waals surface area contributed by atoms with E-state index in [1.54, 1.807) is 7.11 Å². The van der Waals surface area contributed by atoms with Gasteiger partial charge >= 0.3 is 10.3 Å². The number of rotatable bonds is 4. The van der Waals surface area contributed by atoms with E-state index in [9.17, 15) is 13.2 Å². The smallest absolute Gasteiger partial charge is 0.333 e. The highest BCUT2D eigenvalue weighted by Gasteiger charge is 2.56. The molecular formula is C20H28N2O5S. The van der Waals surface area contributed by atoms with Crippen molar-refractivity contribution in [2.45, 2.75) is 57.5 Å². The number of hydrogen-bond acceptors (Lipinski definition) is 5. The van der Waals surface area contributed by atoms with E-state index < -0.39 is 16.2 Å². The lowest BCUT2D eigenvalue weighted by molar-refractivity contribution is -0.00805. The van der Waals surface area contributed by atoms with Crippen LogP contribution in [0.1, 0.15) is 66.4 Å². The summed E-state index contributed by atoms with van der Waals surface area (Å²) in [7, 11) is -2.40. The number of ether oxygens (including phenoxy) is 1. The zero-order valence-corrected chi connectivity index (χ0v) is 17.1. The first kappa shape index (κ1) is 19.7. The average molecular weight is 409 g/mol. The lowest BCUT2D eigenvalue weighted by atomic mass is 9.55. The molecule has 7 nitrogen and oxygen atoms in total. The molecule has 0 aromatic heterocycles. The minimum absolute atomic E-state index is 0.178. The summed E-state index contributed by atoms with van der Waals surface area (Å²) in [6.07, 6.45) is 5.06. The summed E-state index contributed by atoms with van der Waals surface area (Å²) in [5, 5.41) is 5.16. The Balaban J connectivity index is 1.66. The molecule has 2 saturated carbocycles. The molecule has 0 radical (unpaired) electrons. The van der Waals surface area contributed by atoms with Crippen LogP contribution < -0.4 is 15.6 Å². The number of fused-ring (bicyclic) bond motifs is 5. The lowest BCUT2D eigenvalue weighted by Crippen LogP contribution is -2.45. The summed E-state index contributed by atoms with van der Waals surface area (Å²) in [4.78, 5) is 11.8. The Morgan fingerprint density at radius 1 is 1.21 bits per heavy atom. The zero-order chi connectivity index (χ0) is 20.3. The van der Waals surface area contributed by atoms with Crippen molar-refractivity contribution in [3.05, 3.63) is 28.8 Å². The summed E-state index contributed by atoms with van der Waals surface area (Å²) < 4.78 is 33.7. The van der Waals surface area contributed by atoms with Gasteiger partial charge < -0.3 is 10.5 Å². The fourth-order valence-corrected chi connectivity index (χ4v) is 6.87. The Morgan fingerprint density at radius 2 is 1.96 bits per heavy atom. The van der Waals surface area contributed by atoms with Crippen molar-refractivity contribution in [2.75, 3.05) is 7.11 Å². The molecule has 1 aromatic rings. The van der Waals surface area contributed by atoms with Gasteiger partial charge in [0, 0.05) is 0 Å². The van der Waals surface area contributed by atoms with Gasteiger partial charge in [0.05, 0.1) is 18.8 Å². The first-order valence-electron chi connectivity index (χ1n) is 9.85. The number of carbonyl (C=O) groups excluding carboxylic acids is 1. The first-order valence-corrected chi connectivity index (χ1v) is 11.3. The molecule has 8 heteroatoms. The normalized spacial score (nSPS) is 34.2. The van der Waals surface area contributed by atoms with E-state index >= 15 is 0 Å². The summed E-state index contributed by atoms with van der Waals surface area (Å²) in [6.45, 7) is 2.16. The molecule has 0 spiro atoms. The maximum absolute atomic E-state index is 11.8. The van der Waals surface area contributed by atoms with Crippen LogP contribution in [0.25, 0.3) is 0 Å². The Hall–Kier alpha value is -1.64.